The van der Waals surface area contributed by atoms with Crippen LogP contribution in [-0.2, 0) is 0 Å². The minimum atomic E-state index is 0.525. The summed E-state index contributed by atoms with van der Waals surface area (Å²) in [5.74, 6) is 3.62. The molecule has 2 heteroatoms. The van der Waals surface area contributed by atoms with Gasteiger partial charge in [-0.2, -0.15) is 11.8 Å². The molecule has 18 heavy (non-hydrogen) atoms. The predicted molar refractivity (Wildman–Crippen MR) is 82.4 cm³/mol. The van der Waals surface area contributed by atoms with Crippen LogP contribution in [0.15, 0.2) is 18.2 Å². The first-order valence-electron chi connectivity index (χ1n) is 7.03. The van der Waals surface area contributed by atoms with Crippen molar-refractivity contribution in [2.24, 2.45) is 5.92 Å². The van der Waals surface area contributed by atoms with E-state index in [4.69, 9.17) is 0 Å². The number of hydrogen-bond donors (Lipinski definition) is 1. The van der Waals surface area contributed by atoms with Crippen LogP contribution < -0.4 is 5.32 Å². The minimum Gasteiger partial charge on any atom is -0.313 e. The Morgan fingerprint density at radius 2 is 1.94 bits per heavy atom. The second kappa shape index (κ2) is 6.63. The molecule has 1 N–H and O–H groups in total. The van der Waals surface area contributed by atoms with Crippen LogP contribution in [0.3, 0.4) is 0 Å². The Balaban J connectivity index is 2.04. The lowest BCUT2D eigenvalue weighted by molar-refractivity contribution is 0.384. The smallest absolute Gasteiger partial charge is 0.0320 e. The lowest BCUT2D eigenvalue weighted by Gasteiger charge is -2.26. The largest absolute Gasteiger partial charge is 0.313 e. The summed E-state index contributed by atoms with van der Waals surface area (Å²) in [5, 5.41) is 3.51. The molecular weight excluding hydrogens is 238 g/mol. The third kappa shape index (κ3) is 3.52. The van der Waals surface area contributed by atoms with Crippen LogP contribution >= 0.6 is 11.8 Å². The van der Waals surface area contributed by atoms with E-state index in [1.165, 1.54) is 47.5 Å². The molecule has 100 valence electrons. The molecule has 0 saturated carbocycles. The Kier molecular flexibility index (Phi) is 5.13. The maximum atomic E-state index is 3.51. The van der Waals surface area contributed by atoms with Crippen LogP contribution in [0.1, 0.15) is 42.0 Å². The highest BCUT2D eigenvalue weighted by atomic mass is 32.2. The Hall–Kier alpha value is -0.470. The number of aryl methyl sites for hydroxylation is 2. The molecule has 0 radical (unpaired) electrons. The highest BCUT2D eigenvalue weighted by molar-refractivity contribution is 7.99. The van der Waals surface area contributed by atoms with Crippen molar-refractivity contribution in [2.45, 2.75) is 39.2 Å². The van der Waals surface area contributed by atoms with E-state index >= 15 is 0 Å². The fourth-order valence-corrected chi connectivity index (χ4v) is 3.92. The van der Waals surface area contributed by atoms with Crippen molar-refractivity contribution in [3.8, 4) is 0 Å². The van der Waals surface area contributed by atoms with Crippen molar-refractivity contribution in [3.63, 3.8) is 0 Å². The summed E-state index contributed by atoms with van der Waals surface area (Å²) >= 11 is 2.11. The van der Waals surface area contributed by atoms with Crippen molar-refractivity contribution in [1.29, 1.82) is 0 Å². The Morgan fingerprint density at radius 3 is 2.56 bits per heavy atom. The van der Waals surface area contributed by atoms with Crippen molar-refractivity contribution in [1.82, 2.24) is 5.32 Å². The van der Waals surface area contributed by atoms with Gasteiger partial charge in [0.25, 0.3) is 0 Å². The topological polar surface area (TPSA) is 12.0 Å². The standard InChI is InChI=1S/C16H25NS/c1-12-4-5-15(10-13(12)2)16(17-3)11-14-6-8-18-9-7-14/h4-5,10,14,16-17H,6-9,11H2,1-3H3. The number of nitrogens with one attached hydrogen (secondary N) is 1. The molecule has 1 saturated heterocycles. The van der Waals surface area contributed by atoms with E-state index in [2.05, 4.69) is 56.2 Å². The first-order valence-corrected chi connectivity index (χ1v) is 8.18. The van der Waals surface area contributed by atoms with Gasteiger partial charge in [0.05, 0.1) is 0 Å². The van der Waals surface area contributed by atoms with Gasteiger partial charge in [-0.1, -0.05) is 18.2 Å². The molecule has 1 atom stereocenters. The summed E-state index contributed by atoms with van der Waals surface area (Å²) in [6, 6.07) is 7.43. The summed E-state index contributed by atoms with van der Waals surface area (Å²) in [7, 11) is 2.09. The SMILES string of the molecule is CNC(CC1CCSCC1)c1ccc(C)c(C)c1. The average Bonchev–Trinajstić information content (AvgIpc) is 2.40. The quantitative estimate of drug-likeness (QED) is 0.878. The van der Waals surface area contributed by atoms with E-state index in [-0.39, 0.29) is 0 Å². The second-order valence-electron chi connectivity index (χ2n) is 5.48. The Morgan fingerprint density at radius 1 is 1.22 bits per heavy atom. The lowest BCUT2D eigenvalue weighted by Crippen LogP contribution is -2.22. The second-order valence-corrected chi connectivity index (χ2v) is 6.70. The number of rotatable bonds is 4. The molecule has 1 aromatic carbocycles. The number of benzene rings is 1. The lowest BCUT2D eigenvalue weighted by atomic mass is 9.90. The number of thioether (sulfide) groups is 1. The fraction of sp³-hybridized carbons (Fsp3) is 0.625. The summed E-state index contributed by atoms with van der Waals surface area (Å²) < 4.78 is 0. The van der Waals surface area contributed by atoms with Gasteiger partial charge in [0.1, 0.15) is 0 Å². The van der Waals surface area contributed by atoms with Gasteiger partial charge in [-0.3, -0.25) is 0 Å². The van der Waals surface area contributed by atoms with Crippen molar-refractivity contribution >= 4 is 11.8 Å². The molecular formula is C16H25NS. The van der Waals surface area contributed by atoms with Gasteiger partial charge in [-0.05, 0) is 74.3 Å². The molecule has 0 amide bonds. The van der Waals surface area contributed by atoms with Crippen LogP contribution in [0.25, 0.3) is 0 Å². The molecule has 0 aliphatic carbocycles. The summed E-state index contributed by atoms with van der Waals surface area (Å²) in [6.07, 6.45) is 4.08. The average molecular weight is 263 g/mol. The molecule has 1 nitrogen and oxygen atoms in total. The first-order chi connectivity index (χ1) is 8.70. The van der Waals surface area contributed by atoms with Crippen LogP contribution in [-0.4, -0.2) is 18.6 Å². The van der Waals surface area contributed by atoms with E-state index in [9.17, 15) is 0 Å². The first kappa shape index (κ1) is 14.0. The maximum Gasteiger partial charge on any atom is 0.0320 e. The minimum absolute atomic E-state index is 0.525. The third-order valence-electron chi connectivity index (χ3n) is 4.19. The zero-order valence-electron chi connectivity index (χ0n) is 11.8. The molecule has 1 unspecified atom stereocenters. The van der Waals surface area contributed by atoms with Crippen LogP contribution in [0, 0.1) is 19.8 Å². The Bertz CT molecular complexity index is 383. The summed E-state index contributed by atoms with van der Waals surface area (Å²) in [5.41, 5.74) is 4.26. The van der Waals surface area contributed by atoms with Gasteiger partial charge in [0.15, 0.2) is 0 Å². The molecule has 1 aliphatic rings. The van der Waals surface area contributed by atoms with Crippen LogP contribution in [0.5, 0.6) is 0 Å². The van der Waals surface area contributed by atoms with E-state index in [0.29, 0.717) is 6.04 Å². The van der Waals surface area contributed by atoms with Gasteiger partial charge >= 0.3 is 0 Å². The molecule has 0 bridgehead atoms. The zero-order valence-corrected chi connectivity index (χ0v) is 12.6. The third-order valence-corrected chi connectivity index (χ3v) is 5.24. The molecule has 0 aromatic heterocycles. The maximum absolute atomic E-state index is 3.51. The van der Waals surface area contributed by atoms with Gasteiger partial charge in [0.2, 0.25) is 0 Å². The van der Waals surface area contributed by atoms with E-state index in [0.717, 1.165) is 5.92 Å². The zero-order chi connectivity index (χ0) is 13.0. The summed E-state index contributed by atoms with van der Waals surface area (Å²) in [4.78, 5) is 0. The van der Waals surface area contributed by atoms with Gasteiger partial charge in [0, 0.05) is 6.04 Å². The molecule has 1 fully saturated rings. The van der Waals surface area contributed by atoms with E-state index in [1.54, 1.807) is 0 Å². The van der Waals surface area contributed by atoms with E-state index in [1.807, 2.05) is 0 Å². The van der Waals surface area contributed by atoms with Gasteiger partial charge in [-0.15, -0.1) is 0 Å². The fourth-order valence-electron chi connectivity index (χ4n) is 2.72. The highest BCUT2D eigenvalue weighted by Crippen LogP contribution is 2.31. The predicted octanol–water partition coefficient (Wildman–Crippen LogP) is 4.10. The van der Waals surface area contributed by atoms with Gasteiger partial charge in [-0.25, -0.2) is 0 Å². The normalized spacial score (nSPS) is 18.8. The molecule has 1 heterocycles. The Labute approximate surface area is 116 Å². The van der Waals surface area contributed by atoms with Crippen molar-refractivity contribution < 1.29 is 0 Å². The van der Waals surface area contributed by atoms with Gasteiger partial charge < -0.3 is 5.32 Å². The van der Waals surface area contributed by atoms with Crippen LogP contribution in [0.4, 0.5) is 0 Å². The molecule has 1 aromatic rings. The van der Waals surface area contributed by atoms with E-state index < -0.39 is 0 Å². The molecule has 1 aliphatic heterocycles. The summed E-state index contributed by atoms with van der Waals surface area (Å²) in [6.45, 7) is 4.40. The molecule has 0 spiro atoms. The van der Waals surface area contributed by atoms with Crippen molar-refractivity contribution in [3.05, 3.63) is 34.9 Å². The van der Waals surface area contributed by atoms with Crippen molar-refractivity contribution in [2.75, 3.05) is 18.6 Å². The van der Waals surface area contributed by atoms with Crippen LogP contribution in [0.2, 0.25) is 0 Å². The highest BCUT2D eigenvalue weighted by Gasteiger charge is 2.19. The monoisotopic (exact) mass is 263 g/mol. The molecule has 2 rings (SSSR count). The number of hydrogen-bond acceptors (Lipinski definition) is 2.